The highest BCUT2D eigenvalue weighted by Crippen LogP contribution is 2.28. The van der Waals surface area contributed by atoms with E-state index in [9.17, 15) is 14.7 Å². The van der Waals surface area contributed by atoms with E-state index in [-0.39, 0.29) is 5.91 Å². The van der Waals surface area contributed by atoms with Crippen LogP contribution in [0.15, 0.2) is 41.5 Å². The van der Waals surface area contributed by atoms with Gasteiger partial charge in [-0.3, -0.25) is 4.79 Å². The molecule has 1 atom stereocenters. The molecule has 0 radical (unpaired) electrons. The quantitative estimate of drug-likeness (QED) is 0.905. The molecule has 1 aliphatic rings. The first-order valence-corrected chi connectivity index (χ1v) is 7.27. The van der Waals surface area contributed by atoms with Crippen LogP contribution >= 0.6 is 0 Å². The number of rotatable bonds is 5. The molecule has 0 saturated heterocycles. The number of hydrogen-bond acceptors (Lipinski definition) is 2. The van der Waals surface area contributed by atoms with Crippen molar-refractivity contribution in [1.82, 2.24) is 4.90 Å². The van der Waals surface area contributed by atoms with Crippen molar-refractivity contribution < 1.29 is 14.7 Å². The Balaban J connectivity index is 2.26. The number of nitrogens with zero attached hydrogens (tertiary/aromatic N) is 1. The first kappa shape index (κ1) is 15.3. The predicted octanol–water partition coefficient (Wildman–Crippen LogP) is 2.99. The third-order valence-electron chi connectivity index (χ3n) is 4.03. The van der Waals surface area contributed by atoms with Crippen molar-refractivity contribution in [2.75, 3.05) is 0 Å². The fourth-order valence-electron chi connectivity index (χ4n) is 2.66. The Morgan fingerprint density at radius 2 is 1.90 bits per heavy atom. The number of amides is 1. The number of allylic oxidation sites excluding steroid dienone is 1. The Morgan fingerprint density at radius 3 is 2.43 bits per heavy atom. The van der Waals surface area contributed by atoms with Gasteiger partial charge in [-0.25, -0.2) is 4.79 Å². The highest BCUT2D eigenvalue weighted by Gasteiger charge is 2.29. The lowest BCUT2D eigenvalue weighted by molar-refractivity contribution is -0.148. The lowest BCUT2D eigenvalue weighted by Gasteiger charge is -2.27. The monoisotopic (exact) mass is 287 g/mol. The van der Waals surface area contributed by atoms with E-state index in [0.29, 0.717) is 6.54 Å². The summed E-state index contributed by atoms with van der Waals surface area (Å²) in [4.78, 5) is 25.5. The maximum atomic E-state index is 12.7. The van der Waals surface area contributed by atoms with E-state index in [0.717, 1.165) is 36.0 Å². The summed E-state index contributed by atoms with van der Waals surface area (Å²) in [7, 11) is 0. The predicted molar refractivity (Wildman–Crippen MR) is 80.6 cm³/mol. The van der Waals surface area contributed by atoms with E-state index in [1.165, 1.54) is 4.90 Å². The molecule has 1 aliphatic carbocycles. The number of carbonyl (C=O) groups is 2. The summed E-state index contributed by atoms with van der Waals surface area (Å²) >= 11 is 0. The zero-order valence-electron chi connectivity index (χ0n) is 12.5. The SMILES string of the molecule is CC1=C(C(=O)N(Cc2ccccc2)C(C)C(=O)O)CCC1. The second kappa shape index (κ2) is 6.57. The Hall–Kier alpha value is -2.10. The Bertz CT molecular complexity index is 563. The fraction of sp³-hybridized carbons (Fsp3) is 0.412. The molecule has 4 nitrogen and oxygen atoms in total. The van der Waals surface area contributed by atoms with Crippen LogP contribution in [0, 0.1) is 0 Å². The second-order valence-electron chi connectivity index (χ2n) is 5.55. The van der Waals surface area contributed by atoms with Crippen LogP contribution < -0.4 is 0 Å². The molecule has 2 rings (SSSR count). The van der Waals surface area contributed by atoms with Gasteiger partial charge in [0.25, 0.3) is 5.91 Å². The molecule has 4 heteroatoms. The van der Waals surface area contributed by atoms with Crippen LogP contribution in [0.1, 0.15) is 38.7 Å². The van der Waals surface area contributed by atoms with E-state index in [4.69, 9.17) is 0 Å². The summed E-state index contributed by atoms with van der Waals surface area (Å²) in [5.41, 5.74) is 2.82. The van der Waals surface area contributed by atoms with Crippen molar-refractivity contribution >= 4 is 11.9 Å². The molecule has 0 spiro atoms. The summed E-state index contributed by atoms with van der Waals surface area (Å²) in [5.74, 6) is -1.11. The molecule has 0 bridgehead atoms. The minimum atomic E-state index is -0.976. The van der Waals surface area contributed by atoms with Crippen molar-refractivity contribution in [3.63, 3.8) is 0 Å². The molecule has 0 aromatic heterocycles. The van der Waals surface area contributed by atoms with Crippen LogP contribution in [0.5, 0.6) is 0 Å². The number of aliphatic carboxylic acids is 1. The zero-order chi connectivity index (χ0) is 15.4. The molecular formula is C17H21NO3. The maximum Gasteiger partial charge on any atom is 0.326 e. The van der Waals surface area contributed by atoms with Crippen LogP contribution in [0.2, 0.25) is 0 Å². The van der Waals surface area contributed by atoms with Crippen LogP contribution in [0.4, 0.5) is 0 Å². The smallest absolute Gasteiger partial charge is 0.326 e. The average molecular weight is 287 g/mol. The summed E-state index contributed by atoms with van der Waals surface area (Å²) < 4.78 is 0. The third kappa shape index (κ3) is 3.51. The first-order valence-electron chi connectivity index (χ1n) is 7.27. The topological polar surface area (TPSA) is 57.6 Å². The van der Waals surface area contributed by atoms with E-state index >= 15 is 0 Å². The minimum Gasteiger partial charge on any atom is -0.480 e. The van der Waals surface area contributed by atoms with Gasteiger partial charge in [-0.15, -0.1) is 0 Å². The number of carboxylic acids is 1. The lowest BCUT2D eigenvalue weighted by atomic mass is 10.1. The van der Waals surface area contributed by atoms with Gasteiger partial charge in [-0.2, -0.15) is 0 Å². The molecule has 0 fully saturated rings. The Kier molecular flexibility index (Phi) is 4.78. The number of hydrogen-bond donors (Lipinski definition) is 1. The van der Waals surface area contributed by atoms with E-state index in [1.807, 2.05) is 37.3 Å². The van der Waals surface area contributed by atoms with Crippen molar-refractivity contribution in [2.45, 2.75) is 45.7 Å². The highest BCUT2D eigenvalue weighted by molar-refractivity contribution is 5.96. The summed E-state index contributed by atoms with van der Waals surface area (Å²) in [6.07, 6.45) is 2.66. The molecule has 0 saturated carbocycles. The molecule has 1 aromatic rings. The summed E-state index contributed by atoms with van der Waals surface area (Å²) in [6.45, 7) is 3.85. The first-order chi connectivity index (χ1) is 10.0. The molecule has 1 aromatic carbocycles. The van der Waals surface area contributed by atoms with Crippen molar-refractivity contribution in [2.24, 2.45) is 0 Å². The number of carbonyl (C=O) groups excluding carboxylic acids is 1. The molecule has 1 amide bonds. The number of benzene rings is 1. The van der Waals surface area contributed by atoms with Crippen LogP contribution in [-0.4, -0.2) is 27.9 Å². The van der Waals surface area contributed by atoms with E-state index in [1.54, 1.807) is 6.92 Å². The second-order valence-corrected chi connectivity index (χ2v) is 5.55. The van der Waals surface area contributed by atoms with Gasteiger partial charge in [-0.1, -0.05) is 35.9 Å². The van der Waals surface area contributed by atoms with Gasteiger partial charge in [0, 0.05) is 12.1 Å². The zero-order valence-corrected chi connectivity index (χ0v) is 12.5. The van der Waals surface area contributed by atoms with Gasteiger partial charge < -0.3 is 10.0 Å². The highest BCUT2D eigenvalue weighted by atomic mass is 16.4. The molecule has 112 valence electrons. The molecule has 0 aliphatic heterocycles. The minimum absolute atomic E-state index is 0.135. The van der Waals surface area contributed by atoms with E-state index < -0.39 is 12.0 Å². The van der Waals surface area contributed by atoms with Crippen molar-refractivity contribution in [3.8, 4) is 0 Å². The van der Waals surface area contributed by atoms with Gasteiger partial charge in [0.15, 0.2) is 0 Å². The van der Waals surface area contributed by atoms with Crippen molar-refractivity contribution in [1.29, 1.82) is 0 Å². The third-order valence-corrected chi connectivity index (χ3v) is 4.03. The molecule has 1 unspecified atom stereocenters. The average Bonchev–Trinajstić information content (AvgIpc) is 2.90. The van der Waals surface area contributed by atoms with Crippen LogP contribution in [0.25, 0.3) is 0 Å². The standard InChI is InChI=1S/C17H21NO3/c1-12-7-6-10-15(12)16(19)18(13(2)17(20)21)11-14-8-4-3-5-9-14/h3-5,8-9,13H,6-7,10-11H2,1-2H3,(H,20,21). The molecular weight excluding hydrogens is 266 g/mol. The summed E-state index contributed by atoms with van der Waals surface area (Å²) in [5, 5.41) is 9.28. The van der Waals surface area contributed by atoms with Gasteiger partial charge in [0.2, 0.25) is 0 Å². The van der Waals surface area contributed by atoms with Gasteiger partial charge in [0.1, 0.15) is 6.04 Å². The van der Waals surface area contributed by atoms with Crippen LogP contribution in [-0.2, 0) is 16.1 Å². The molecule has 0 heterocycles. The maximum absolute atomic E-state index is 12.7. The largest absolute Gasteiger partial charge is 0.480 e. The summed E-state index contributed by atoms with van der Waals surface area (Å²) in [6, 6.07) is 8.67. The molecule has 1 N–H and O–H groups in total. The van der Waals surface area contributed by atoms with Gasteiger partial charge >= 0.3 is 5.97 Å². The normalized spacial score (nSPS) is 15.9. The van der Waals surface area contributed by atoms with Gasteiger partial charge in [-0.05, 0) is 38.7 Å². The fourth-order valence-corrected chi connectivity index (χ4v) is 2.66. The Morgan fingerprint density at radius 1 is 1.24 bits per heavy atom. The van der Waals surface area contributed by atoms with E-state index in [2.05, 4.69) is 0 Å². The lowest BCUT2D eigenvalue weighted by Crippen LogP contribution is -2.43. The number of carboxylic acid groups (broad SMARTS) is 1. The van der Waals surface area contributed by atoms with Crippen molar-refractivity contribution in [3.05, 3.63) is 47.0 Å². The molecule has 21 heavy (non-hydrogen) atoms. The van der Waals surface area contributed by atoms with Gasteiger partial charge in [0.05, 0.1) is 0 Å². The Labute approximate surface area is 125 Å². The van der Waals surface area contributed by atoms with Crippen LogP contribution in [0.3, 0.4) is 0 Å².